The predicted molar refractivity (Wildman–Crippen MR) is 90.1 cm³/mol. The summed E-state index contributed by atoms with van der Waals surface area (Å²) in [6, 6.07) is 11.5. The summed E-state index contributed by atoms with van der Waals surface area (Å²) in [5.74, 6) is 0.755. The average Bonchev–Trinajstić information content (AvgIpc) is 2.82. The van der Waals surface area contributed by atoms with Crippen molar-refractivity contribution in [2.75, 3.05) is 0 Å². The van der Waals surface area contributed by atoms with Gasteiger partial charge in [0, 0.05) is 5.02 Å². The largest absolute Gasteiger partial charge is 0.295 e. The van der Waals surface area contributed by atoms with Crippen LogP contribution in [0.25, 0.3) is 16.7 Å². The van der Waals surface area contributed by atoms with Crippen molar-refractivity contribution < 1.29 is 0 Å². The number of alkyl halides is 1. The molecule has 1 heterocycles. The summed E-state index contributed by atoms with van der Waals surface area (Å²) in [5, 5.41) is 1.05. The smallest absolute Gasteiger partial charge is 0.132 e. The number of fused-ring (bicyclic) bond motifs is 1. The molecule has 0 aliphatic heterocycles. The van der Waals surface area contributed by atoms with Gasteiger partial charge in [-0.1, -0.05) is 35.3 Å². The molecule has 2 nitrogen and oxygen atoms in total. The van der Waals surface area contributed by atoms with Crippen LogP contribution < -0.4 is 0 Å². The van der Waals surface area contributed by atoms with Crippen molar-refractivity contribution in [1.82, 2.24) is 9.55 Å². The SMILES string of the molecule is Cc1ccc(Cl)cc1-n1c(C(C)Cl)nc2c(Cl)cccc21. The van der Waals surface area contributed by atoms with Crippen molar-refractivity contribution in [2.45, 2.75) is 19.2 Å². The second-order valence-electron chi connectivity index (χ2n) is 4.96. The van der Waals surface area contributed by atoms with Gasteiger partial charge in [0.1, 0.15) is 11.3 Å². The van der Waals surface area contributed by atoms with Crippen molar-refractivity contribution in [3.05, 3.63) is 57.8 Å². The summed E-state index contributed by atoms with van der Waals surface area (Å²) in [6.45, 7) is 3.93. The van der Waals surface area contributed by atoms with Crippen LogP contribution in [0.1, 0.15) is 23.7 Å². The number of rotatable bonds is 2. The quantitative estimate of drug-likeness (QED) is 0.528. The molecule has 0 aliphatic carbocycles. The first kappa shape index (κ1) is 14.7. The Kier molecular flexibility index (Phi) is 3.87. The van der Waals surface area contributed by atoms with Crippen LogP contribution in [-0.2, 0) is 0 Å². The first-order valence-electron chi connectivity index (χ1n) is 6.56. The Hall–Kier alpha value is -1.22. The lowest BCUT2D eigenvalue weighted by Gasteiger charge is -2.13. The van der Waals surface area contributed by atoms with Crippen LogP contribution in [0.3, 0.4) is 0 Å². The summed E-state index contributed by atoms with van der Waals surface area (Å²) >= 11 is 18.7. The average molecular weight is 340 g/mol. The Balaban J connectivity index is 2.42. The Morgan fingerprint density at radius 2 is 1.90 bits per heavy atom. The fourth-order valence-corrected chi connectivity index (χ4v) is 2.95. The number of benzene rings is 2. The van der Waals surface area contributed by atoms with E-state index in [1.807, 2.05) is 54.8 Å². The molecule has 0 radical (unpaired) electrons. The first-order chi connectivity index (χ1) is 9.99. The third-order valence-corrected chi connectivity index (χ3v) is 4.16. The van der Waals surface area contributed by atoms with Crippen molar-refractivity contribution in [3.8, 4) is 5.69 Å². The number of aromatic nitrogens is 2. The topological polar surface area (TPSA) is 17.8 Å². The third-order valence-electron chi connectivity index (χ3n) is 3.43. The molecule has 0 saturated heterocycles. The number of para-hydroxylation sites is 1. The Bertz CT molecular complexity index is 822. The minimum Gasteiger partial charge on any atom is -0.295 e. The third kappa shape index (κ3) is 2.52. The van der Waals surface area contributed by atoms with E-state index < -0.39 is 0 Å². The van der Waals surface area contributed by atoms with Crippen molar-refractivity contribution in [1.29, 1.82) is 0 Å². The highest BCUT2D eigenvalue weighted by atomic mass is 35.5. The highest BCUT2D eigenvalue weighted by Crippen LogP contribution is 2.33. The summed E-state index contributed by atoms with van der Waals surface area (Å²) in [5.41, 5.74) is 3.74. The molecule has 0 bridgehead atoms. The summed E-state index contributed by atoms with van der Waals surface area (Å²) < 4.78 is 2.03. The van der Waals surface area contributed by atoms with Gasteiger partial charge in [0.05, 0.1) is 21.6 Å². The standard InChI is InChI=1S/C16H13Cl3N2/c1-9-6-7-11(18)8-14(9)21-13-5-3-4-12(19)15(13)20-16(21)10(2)17/h3-8,10H,1-2H3. The molecular weight excluding hydrogens is 327 g/mol. The Morgan fingerprint density at radius 1 is 1.14 bits per heavy atom. The lowest BCUT2D eigenvalue weighted by molar-refractivity contribution is 0.878. The van der Waals surface area contributed by atoms with Crippen LogP contribution in [0.15, 0.2) is 36.4 Å². The van der Waals surface area contributed by atoms with Crippen molar-refractivity contribution in [2.24, 2.45) is 0 Å². The molecule has 3 aromatic rings. The van der Waals surface area contributed by atoms with E-state index in [9.17, 15) is 0 Å². The van der Waals surface area contributed by atoms with Crippen LogP contribution in [0.5, 0.6) is 0 Å². The molecule has 1 atom stereocenters. The Morgan fingerprint density at radius 3 is 2.62 bits per heavy atom. The van der Waals surface area contributed by atoms with Gasteiger partial charge < -0.3 is 0 Å². The maximum atomic E-state index is 6.31. The van der Waals surface area contributed by atoms with E-state index in [-0.39, 0.29) is 5.38 Å². The summed E-state index contributed by atoms with van der Waals surface area (Å²) in [7, 11) is 0. The zero-order valence-electron chi connectivity index (χ0n) is 11.6. The maximum absolute atomic E-state index is 6.31. The molecule has 3 rings (SSSR count). The Labute approximate surface area is 138 Å². The van der Waals surface area contributed by atoms with E-state index in [0.29, 0.717) is 10.0 Å². The molecule has 0 N–H and O–H groups in total. The van der Waals surface area contributed by atoms with E-state index in [1.165, 1.54) is 0 Å². The second-order valence-corrected chi connectivity index (χ2v) is 6.46. The van der Waals surface area contributed by atoms with E-state index in [0.717, 1.165) is 28.1 Å². The molecule has 1 aromatic heterocycles. The van der Waals surface area contributed by atoms with Gasteiger partial charge in [0.15, 0.2) is 0 Å². The van der Waals surface area contributed by atoms with Crippen LogP contribution in [0.2, 0.25) is 10.0 Å². The van der Waals surface area contributed by atoms with Gasteiger partial charge in [-0.3, -0.25) is 4.57 Å². The fourth-order valence-electron chi connectivity index (χ4n) is 2.43. The van der Waals surface area contributed by atoms with Gasteiger partial charge in [-0.05, 0) is 43.7 Å². The number of hydrogen-bond donors (Lipinski definition) is 0. The maximum Gasteiger partial charge on any atom is 0.132 e. The van der Waals surface area contributed by atoms with Crippen LogP contribution in [0.4, 0.5) is 0 Å². The van der Waals surface area contributed by atoms with E-state index in [2.05, 4.69) is 4.98 Å². The van der Waals surface area contributed by atoms with Crippen molar-refractivity contribution in [3.63, 3.8) is 0 Å². The van der Waals surface area contributed by atoms with Gasteiger partial charge in [-0.2, -0.15) is 0 Å². The number of hydrogen-bond acceptors (Lipinski definition) is 1. The van der Waals surface area contributed by atoms with Gasteiger partial charge in [0.25, 0.3) is 0 Å². The summed E-state index contributed by atoms with van der Waals surface area (Å²) in [6.07, 6.45) is 0. The molecule has 21 heavy (non-hydrogen) atoms. The number of aryl methyl sites for hydroxylation is 1. The molecule has 5 heteroatoms. The number of nitrogens with zero attached hydrogens (tertiary/aromatic N) is 2. The van der Waals surface area contributed by atoms with E-state index >= 15 is 0 Å². The molecule has 0 aliphatic rings. The molecule has 2 aromatic carbocycles. The molecule has 1 unspecified atom stereocenters. The molecule has 0 amide bonds. The highest BCUT2D eigenvalue weighted by molar-refractivity contribution is 6.35. The summed E-state index contributed by atoms with van der Waals surface area (Å²) in [4.78, 5) is 4.61. The van der Waals surface area contributed by atoms with Gasteiger partial charge in [-0.25, -0.2) is 4.98 Å². The predicted octanol–water partition coefficient (Wildman–Crippen LogP) is 5.94. The molecule has 0 spiro atoms. The van der Waals surface area contributed by atoms with Gasteiger partial charge >= 0.3 is 0 Å². The first-order valence-corrected chi connectivity index (χ1v) is 7.75. The molecule has 0 saturated carbocycles. The van der Waals surface area contributed by atoms with Gasteiger partial charge in [-0.15, -0.1) is 11.6 Å². The minimum absolute atomic E-state index is 0.244. The number of imidazole rings is 1. The van der Waals surface area contributed by atoms with E-state index in [4.69, 9.17) is 34.8 Å². The fraction of sp³-hybridized carbons (Fsp3) is 0.188. The molecule has 108 valence electrons. The van der Waals surface area contributed by atoms with Crippen LogP contribution in [0, 0.1) is 6.92 Å². The van der Waals surface area contributed by atoms with Crippen LogP contribution in [-0.4, -0.2) is 9.55 Å². The molecular formula is C16H13Cl3N2. The zero-order chi connectivity index (χ0) is 15.1. The lowest BCUT2D eigenvalue weighted by Crippen LogP contribution is -2.03. The van der Waals surface area contributed by atoms with Crippen molar-refractivity contribution >= 4 is 45.8 Å². The minimum atomic E-state index is -0.244. The normalized spacial score (nSPS) is 12.8. The van der Waals surface area contributed by atoms with Gasteiger partial charge in [0.2, 0.25) is 0 Å². The monoisotopic (exact) mass is 338 g/mol. The second kappa shape index (κ2) is 5.53. The zero-order valence-corrected chi connectivity index (χ0v) is 13.8. The lowest BCUT2D eigenvalue weighted by atomic mass is 10.2. The van der Waals surface area contributed by atoms with Crippen LogP contribution >= 0.6 is 34.8 Å². The highest BCUT2D eigenvalue weighted by Gasteiger charge is 2.19. The number of halogens is 3. The molecule has 0 fully saturated rings. The van der Waals surface area contributed by atoms with E-state index in [1.54, 1.807) is 0 Å².